The standard InChI is InChI=1S/C9H19NO.C2H6/c1-4-7(2)9(10)6-5-8(3)11;1-2/h8-9,11H,2,4-6,10H2,1,3H3;1-2H3/t8-,9?;/m1./s1. The van der Waals surface area contributed by atoms with Crippen LogP contribution in [0.4, 0.5) is 0 Å². The maximum Gasteiger partial charge on any atom is 0.0512 e. The van der Waals surface area contributed by atoms with Gasteiger partial charge in [-0.15, -0.1) is 0 Å². The molecule has 0 fully saturated rings. The van der Waals surface area contributed by atoms with Crippen LogP contribution in [0.15, 0.2) is 12.2 Å². The maximum absolute atomic E-state index is 8.97. The summed E-state index contributed by atoms with van der Waals surface area (Å²) in [6.07, 6.45) is 2.29. The summed E-state index contributed by atoms with van der Waals surface area (Å²) in [5, 5.41) is 8.97. The highest BCUT2D eigenvalue weighted by molar-refractivity contribution is 5.02. The second-order valence-corrected chi connectivity index (χ2v) is 3.04. The van der Waals surface area contributed by atoms with E-state index in [0.717, 1.165) is 24.8 Å². The molecule has 0 amide bonds. The van der Waals surface area contributed by atoms with E-state index in [0.29, 0.717) is 0 Å². The van der Waals surface area contributed by atoms with Crippen LogP contribution in [0.1, 0.15) is 47.0 Å². The zero-order valence-electron chi connectivity index (χ0n) is 9.51. The van der Waals surface area contributed by atoms with Crippen molar-refractivity contribution >= 4 is 0 Å². The molecular weight excluding hydrogens is 162 g/mol. The van der Waals surface area contributed by atoms with E-state index in [1.165, 1.54) is 0 Å². The van der Waals surface area contributed by atoms with Gasteiger partial charge in [0.1, 0.15) is 0 Å². The molecule has 0 aromatic carbocycles. The Balaban J connectivity index is 0. The predicted molar refractivity (Wildman–Crippen MR) is 59.7 cm³/mol. The van der Waals surface area contributed by atoms with Gasteiger partial charge >= 0.3 is 0 Å². The Morgan fingerprint density at radius 1 is 1.38 bits per heavy atom. The van der Waals surface area contributed by atoms with Crippen LogP contribution in [0.5, 0.6) is 0 Å². The zero-order chi connectivity index (χ0) is 10.9. The molecule has 80 valence electrons. The van der Waals surface area contributed by atoms with Crippen LogP contribution in [-0.2, 0) is 0 Å². The fourth-order valence-corrected chi connectivity index (χ4v) is 0.887. The number of rotatable bonds is 5. The smallest absolute Gasteiger partial charge is 0.0512 e. The van der Waals surface area contributed by atoms with Gasteiger partial charge in [-0.1, -0.05) is 32.9 Å². The molecule has 0 saturated carbocycles. The van der Waals surface area contributed by atoms with Crippen molar-refractivity contribution in [3.8, 4) is 0 Å². The average molecular weight is 187 g/mol. The Morgan fingerprint density at radius 2 is 1.85 bits per heavy atom. The highest BCUT2D eigenvalue weighted by Gasteiger charge is 2.06. The minimum absolute atomic E-state index is 0.0644. The van der Waals surface area contributed by atoms with Crippen LogP contribution in [0.3, 0.4) is 0 Å². The first-order valence-electron chi connectivity index (χ1n) is 5.19. The molecule has 2 nitrogen and oxygen atoms in total. The van der Waals surface area contributed by atoms with E-state index in [-0.39, 0.29) is 12.1 Å². The summed E-state index contributed by atoms with van der Waals surface area (Å²) in [6, 6.07) is 0.0644. The second-order valence-electron chi connectivity index (χ2n) is 3.04. The highest BCUT2D eigenvalue weighted by atomic mass is 16.3. The van der Waals surface area contributed by atoms with Crippen LogP contribution in [0.25, 0.3) is 0 Å². The molecule has 13 heavy (non-hydrogen) atoms. The van der Waals surface area contributed by atoms with Gasteiger partial charge in [0.2, 0.25) is 0 Å². The predicted octanol–water partition coefficient (Wildman–Crippen LogP) is 2.47. The van der Waals surface area contributed by atoms with Gasteiger partial charge in [-0.2, -0.15) is 0 Å². The molecule has 3 N–H and O–H groups in total. The highest BCUT2D eigenvalue weighted by Crippen LogP contribution is 2.08. The second kappa shape index (κ2) is 9.75. The SMILES string of the molecule is C=C(CC)C(N)CC[C@@H](C)O.CC. The third-order valence-electron chi connectivity index (χ3n) is 1.87. The lowest BCUT2D eigenvalue weighted by Gasteiger charge is -2.13. The van der Waals surface area contributed by atoms with Crippen molar-refractivity contribution in [1.82, 2.24) is 0 Å². The molecule has 0 bridgehead atoms. The van der Waals surface area contributed by atoms with Crippen LogP contribution in [0, 0.1) is 0 Å². The molecular formula is C11H25NO. The van der Waals surface area contributed by atoms with Crippen molar-refractivity contribution < 1.29 is 5.11 Å². The van der Waals surface area contributed by atoms with Crippen LogP contribution >= 0.6 is 0 Å². The average Bonchev–Trinajstić information content (AvgIpc) is 2.16. The summed E-state index contributed by atoms with van der Waals surface area (Å²) in [7, 11) is 0. The quantitative estimate of drug-likeness (QED) is 0.649. The molecule has 0 aliphatic heterocycles. The maximum atomic E-state index is 8.97. The molecule has 0 rings (SSSR count). The Bertz CT molecular complexity index is 121. The van der Waals surface area contributed by atoms with E-state index in [1.54, 1.807) is 6.92 Å². The summed E-state index contributed by atoms with van der Waals surface area (Å²) in [4.78, 5) is 0. The minimum atomic E-state index is -0.245. The van der Waals surface area contributed by atoms with Crippen molar-refractivity contribution in [2.45, 2.75) is 59.1 Å². The van der Waals surface area contributed by atoms with Crippen LogP contribution < -0.4 is 5.73 Å². The Morgan fingerprint density at radius 3 is 2.15 bits per heavy atom. The van der Waals surface area contributed by atoms with Gasteiger partial charge < -0.3 is 10.8 Å². The monoisotopic (exact) mass is 187 g/mol. The van der Waals surface area contributed by atoms with Crippen molar-refractivity contribution in [3.05, 3.63) is 12.2 Å². The van der Waals surface area contributed by atoms with Crippen molar-refractivity contribution in [2.75, 3.05) is 0 Å². The Kier molecular flexibility index (Phi) is 11.4. The topological polar surface area (TPSA) is 46.2 Å². The number of aliphatic hydroxyl groups is 1. The molecule has 2 heteroatoms. The van der Waals surface area contributed by atoms with Crippen molar-refractivity contribution in [3.63, 3.8) is 0 Å². The van der Waals surface area contributed by atoms with Gasteiger partial charge in [-0.25, -0.2) is 0 Å². The van der Waals surface area contributed by atoms with E-state index < -0.39 is 0 Å². The zero-order valence-corrected chi connectivity index (χ0v) is 9.51. The first-order chi connectivity index (χ1) is 6.07. The molecule has 0 spiro atoms. The third-order valence-corrected chi connectivity index (χ3v) is 1.87. The van der Waals surface area contributed by atoms with Crippen LogP contribution in [0.2, 0.25) is 0 Å². The number of hydrogen-bond donors (Lipinski definition) is 2. The van der Waals surface area contributed by atoms with E-state index in [2.05, 4.69) is 6.58 Å². The van der Waals surface area contributed by atoms with E-state index >= 15 is 0 Å². The normalized spacial score (nSPS) is 14.0. The van der Waals surface area contributed by atoms with Gasteiger partial charge in [0, 0.05) is 6.04 Å². The number of nitrogens with two attached hydrogens (primary N) is 1. The largest absolute Gasteiger partial charge is 0.393 e. The number of aliphatic hydroxyl groups excluding tert-OH is 1. The summed E-state index contributed by atoms with van der Waals surface area (Å²) in [5.41, 5.74) is 6.84. The van der Waals surface area contributed by atoms with Gasteiger partial charge in [-0.3, -0.25) is 0 Å². The van der Waals surface area contributed by atoms with E-state index in [4.69, 9.17) is 10.8 Å². The molecule has 0 aliphatic rings. The van der Waals surface area contributed by atoms with Gasteiger partial charge in [0.25, 0.3) is 0 Å². The fraction of sp³-hybridized carbons (Fsp3) is 0.818. The minimum Gasteiger partial charge on any atom is -0.393 e. The summed E-state index contributed by atoms with van der Waals surface area (Å²) >= 11 is 0. The third kappa shape index (κ3) is 9.57. The van der Waals surface area contributed by atoms with E-state index in [1.807, 2.05) is 20.8 Å². The van der Waals surface area contributed by atoms with Crippen molar-refractivity contribution in [1.29, 1.82) is 0 Å². The van der Waals surface area contributed by atoms with Crippen LogP contribution in [-0.4, -0.2) is 17.3 Å². The lowest BCUT2D eigenvalue weighted by molar-refractivity contribution is 0.179. The Hall–Kier alpha value is -0.340. The lowest BCUT2D eigenvalue weighted by atomic mass is 10.0. The van der Waals surface area contributed by atoms with Gasteiger partial charge in [0.05, 0.1) is 6.10 Å². The molecule has 0 radical (unpaired) electrons. The lowest BCUT2D eigenvalue weighted by Crippen LogP contribution is -2.23. The summed E-state index contributed by atoms with van der Waals surface area (Å²) < 4.78 is 0. The molecule has 0 heterocycles. The summed E-state index contributed by atoms with van der Waals surface area (Å²) in [5.74, 6) is 0. The molecule has 0 aromatic rings. The van der Waals surface area contributed by atoms with Gasteiger partial charge in [0.15, 0.2) is 0 Å². The molecule has 0 saturated heterocycles. The summed E-state index contributed by atoms with van der Waals surface area (Å²) in [6.45, 7) is 11.7. The molecule has 0 aromatic heterocycles. The molecule has 2 atom stereocenters. The Labute approximate surface area is 82.8 Å². The van der Waals surface area contributed by atoms with Crippen molar-refractivity contribution in [2.24, 2.45) is 5.73 Å². The fourth-order valence-electron chi connectivity index (χ4n) is 0.887. The molecule has 1 unspecified atom stereocenters. The van der Waals surface area contributed by atoms with E-state index in [9.17, 15) is 0 Å². The molecule has 0 aliphatic carbocycles. The first kappa shape index (κ1) is 15.1. The number of hydrogen-bond acceptors (Lipinski definition) is 2. The first-order valence-corrected chi connectivity index (χ1v) is 5.19. The van der Waals surface area contributed by atoms with Gasteiger partial charge in [-0.05, 0) is 26.2 Å².